The van der Waals surface area contributed by atoms with Crippen molar-refractivity contribution < 1.29 is 9.84 Å². The van der Waals surface area contributed by atoms with Gasteiger partial charge in [-0.25, -0.2) is 0 Å². The van der Waals surface area contributed by atoms with Crippen LogP contribution >= 0.6 is 0 Å². The van der Waals surface area contributed by atoms with E-state index in [9.17, 15) is 5.11 Å². The van der Waals surface area contributed by atoms with Crippen molar-refractivity contribution in [3.63, 3.8) is 0 Å². The molecule has 0 bridgehead atoms. The van der Waals surface area contributed by atoms with Crippen LogP contribution in [-0.2, 0) is 13.0 Å². The molecular weight excluding hydrogens is 334 g/mol. The predicted molar refractivity (Wildman–Crippen MR) is 114 cm³/mol. The number of ether oxygens (including phenoxy) is 1. The second-order valence-corrected chi connectivity index (χ2v) is 7.87. The summed E-state index contributed by atoms with van der Waals surface area (Å²) >= 11 is 0. The van der Waals surface area contributed by atoms with Crippen molar-refractivity contribution in [1.29, 1.82) is 0 Å². The van der Waals surface area contributed by atoms with Gasteiger partial charge in [-0.15, -0.1) is 0 Å². The summed E-state index contributed by atoms with van der Waals surface area (Å²) in [6.07, 6.45) is 4.55. The Morgan fingerprint density at radius 2 is 1.52 bits per heavy atom. The number of methoxy groups -OCH3 is 1. The van der Waals surface area contributed by atoms with E-state index in [0.29, 0.717) is 5.92 Å². The number of aromatic nitrogens is 1. The van der Waals surface area contributed by atoms with Crippen LogP contribution in [0.3, 0.4) is 0 Å². The summed E-state index contributed by atoms with van der Waals surface area (Å²) in [6.45, 7) is 11.0. The molecule has 3 nitrogen and oxygen atoms in total. The molecule has 0 aliphatic carbocycles. The van der Waals surface area contributed by atoms with Crippen LogP contribution in [-0.4, -0.2) is 17.2 Å². The highest BCUT2D eigenvalue weighted by Crippen LogP contribution is 2.38. The zero-order valence-electron chi connectivity index (χ0n) is 17.8. The molecule has 0 fully saturated rings. The Labute approximate surface area is 164 Å². The molecule has 0 atom stereocenters. The number of hydrogen-bond acceptors (Lipinski definition) is 3. The smallest absolute Gasteiger partial charge is 0.118 e. The summed E-state index contributed by atoms with van der Waals surface area (Å²) in [5.74, 6) is 1.47. The van der Waals surface area contributed by atoms with Gasteiger partial charge in [0, 0.05) is 17.0 Å². The third-order valence-corrected chi connectivity index (χ3v) is 5.12. The Balaban J connectivity index is 2.76. The SMILES string of the molecule is CCCCCc1c(C(C)C)nc(C(C)C)c(CO)c1-c1ccc(OC)cc1. The van der Waals surface area contributed by atoms with E-state index in [1.165, 1.54) is 29.7 Å². The molecule has 3 heteroatoms. The van der Waals surface area contributed by atoms with E-state index in [2.05, 4.69) is 46.8 Å². The van der Waals surface area contributed by atoms with Crippen molar-refractivity contribution in [1.82, 2.24) is 4.98 Å². The first-order valence-corrected chi connectivity index (χ1v) is 10.2. The van der Waals surface area contributed by atoms with Crippen LogP contribution in [0.5, 0.6) is 5.75 Å². The van der Waals surface area contributed by atoms with Gasteiger partial charge in [-0.05, 0) is 53.5 Å². The van der Waals surface area contributed by atoms with Crippen LogP contribution in [0.1, 0.15) is 88.2 Å². The summed E-state index contributed by atoms with van der Waals surface area (Å²) in [7, 11) is 1.69. The first-order chi connectivity index (χ1) is 12.9. The predicted octanol–water partition coefficient (Wildman–Crippen LogP) is 6.23. The Morgan fingerprint density at radius 1 is 0.926 bits per heavy atom. The van der Waals surface area contributed by atoms with E-state index in [0.717, 1.165) is 35.4 Å². The van der Waals surface area contributed by atoms with Gasteiger partial charge in [0.15, 0.2) is 0 Å². The molecule has 0 aliphatic rings. The zero-order valence-corrected chi connectivity index (χ0v) is 17.8. The topological polar surface area (TPSA) is 42.4 Å². The monoisotopic (exact) mass is 369 g/mol. The molecule has 1 heterocycles. The molecule has 1 aromatic heterocycles. The Morgan fingerprint density at radius 3 is 2.00 bits per heavy atom. The van der Waals surface area contributed by atoms with Crippen LogP contribution < -0.4 is 4.74 Å². The molecule has 0 amide bonds. The lowest BCUT2D eigenvalue weighted by Crippen LogP contribution is -2.12. The quantitative estimate of drug-likeness (QED) is 0.533. The second-order valence-electron chi connectivity index (χ2n) is 7.87. The highest BCUT2D eigenvalue weighted by atomic mass is 16.5. The summed E-state index contributed by atoms with van der Waals surface area (Å²) < 4.78 is 5.33. The third kappa shape index (κ3) is 4.90. The second kappa shape index (κ2) is 9.89. The molecule has 1 aromatic carbocycles. The van der Waals surface area contributed by atoms with Gasteiger partial charge in [-0.2, -0.15) is 0 Å². The highest BCUT2D eigenvalue weighted by molar-refractivity contribution is 5.73. The fourth-order valence-corrected chi connectivity index (χ4v) is 3.73. The van der Waals surface area contributed by atoms with Gasteiger partial charge in [-0.1, -0.05) is 59.6 Å². The fourth-order valence-electron chi connectivity index (χ4n) is 3.73. The first-order valence-electron chi connectivity index (χ1n) is 10.2. The number of pyridine rings is 1. The molecule has 148 valence electrons. The summed E-state index contributed by atoms with van der Waals surface area (Å²) in [4.78, 5) is 5.06. The number of aliphatic hydroxyl groups is 1. The van der Waals surface area contributed by atoms with Gasteiger partial charge < -0.3 is 9.84 Å². The minimum atomic E-state index is 0.0149. The number of hydrogen-bond donors (Lipinski definition) is 1. The number of nitrogens with zero attached hydrogens (tertiary/aromatic N) is 1. The molecule has 0 spiro atoms. The number of rotatable bonds is 9. The van der Waals surface area contributed by atoms with Gasteiger partial charge >= 0.3 is 0 Å². The Bertz CT molecular complexity index is 733. The van der Waals surface area contributed by atoms with Crippen molar-refractivity contribution >= 4 is 0 Å². The normalized spacial score (nSPS) is 11.4. The van der Waals surface area contributed by atoms with Crippen molar-refractivity contribution in [2.75, 3.05) is 7.11 Å². The number of benzene rings is 1. The average Bonchev–Trinajstić information content (AvgIpc) is 2.67. The maximum Gasteiger partial charge on any atom is 0.118 e. The van der Waals surface area contributed by atoms with Gasteiger partial charge in [0.2, 0.25) is 0 Å². The minimum Gasteiger partial charge on any atom is -0.497 e. The summed E-state index contributed by atoms with van der Waals surface area (Å²) in [6, 6.07) is 8.20. The highest BCUT2D eigenvalue weighted by Gasteiger charge is 2.23. The molecule has 0 unspecified atom stereocenters. The Hall–Kier alpha value is -1.87. The maximum absolute atomic E-state index is 10.3. The lowest BCUT2D eigenvalue weighted by atomic mass is 9.85. The summed E-state index contributed by atoms with van der Waals surface area (Å²) in [5.41, 5.74) is 6.79. The average molecular weight is 370 g/mol. The maximum atomic E-state index is 10.3. The van der Waals surface area contributed by atoms with Crippen LogP contribution in [0.15, 0.2) is 24.3 Å². The summed E-state index contributed by atoms with van der Waals surface area (Å²) in [5, 5.41) is 10.3. The lowest BCUT2D eigenvalue weighted by Gasteiger charge is -2.24. The first kappa shape index (κ1) is 21.4. The van der Waals surface area contributed by atoms with Crippen LogP contribution in [0.25, 0.3) is 11.1 Å². The fraction of sp³-hybridized carbons (Fsp3) is 0.542. The van der Waals surface area contributed by atoms with E-state index in [4.69, 9.17) is 9.72 Å². The van der Waals surface area contributed by atoms with E-state index in [1.54, 1.807) is 7.11 Å². The molecule has 0 radical (unpaired) electrons. The van der Waals surface area contributed by atoms with Crippen molar-refractivity contribution in [3.8, 4) is 16.9 Å². The lowest BCUT2D eigenvalue weighted by molar-refractivity contribution is 0.279. The molecule has 2 rings (SSSR count). The molecule has 0 saturated carbocycles. The van der Waals surface area contributed by atoms with Gasteiger partial charge in [-0.3, -0.25) is 4.98 Å². The van der Waals surface area contributed by atoms with Crippen LogP contribution in [0.4, 0.5) is 0 Å². The molecule has 27 heavy (non-hydrogen) atoms. The molecule has 0 saturated heterocycles. The van der Waals surface area contributed by atoms with Crippen molar-refractivity contribution in [3.05, 3.63) is 46.8 Å². The molecule has 1 N–H and O–H groups in total. The van der Waals surface area contributed by atoms with E-state index in [-0.39, 0.29) is 12.5 Å². The van der Waals surface area contributed by atoms with Crippen LogP contribution in [0.2, 0.25) is 0 Å². The van der Waals surface area contributed by atoms with Crippen LogP contribution in [0, 0.1) is 0 Å². The Kier molecular flexibility index (Phi) is 7.85. The molecule has 2 aromatic rings. The van der Waals surface area contributed by atoms with E-state index < -0.39 is 0 Å². The largest absolute Gasteiger partial charge is 0.497 e. The van der Waals surface area contributed by atoms with Crippen molar-refractivity contribution in [2.24, 2.45) is 0 Å². The third-order valence-electron chi connectivity index (χ3n) is 5.12. The van der Waals surface area contributed by atoms with Gasteiger partial charge in [0.05, 0.1) is 13.7 Å². The van der Waals surface area contributed by atoms with E-state index in [1.807, 2.05) is 12.1 Å². The van der Waals surface area contributed by atoms with E-state index >= 15 is 0 Å². The standard InChI is InChI=1S/C24H35NO2/c1-7-8-9-10-20-22(18-11-13-19(27-6)14-12-18)21(15-26)24(17(4)5)25-23(20)16(2)3/h11-14,16-17,26H,7-10,15H2,1-6H3. The zero-order chi connectivity index (χ0) is 20.0. The van der Waals surface area contributed by atoms with Crippen molar-refractivity contribution in [2.45, 2.75) is 78.7 Å². The molecule has 0 aliphatic heterocycles. The molecular formula is C24H35NO2. The number of aliphatic hydroxyl groups excluding tert-OH is 1. The number of unbranched alkanes of at least 4 members (excludes halogenated alkanes) is 2. The van der Waals surface area contributed by atoms with Gasteiger partial charge in [0.25, 0.3) is 0 Å². The minimum absolute atomic E-state index is 0.0149. The van der Waals surface area contributed by atoms with Gasteiger partial charge in [0.1, 0.15) is 5.75 Å².